The molecular formula is C12H18BrNO4S. The SMILES string of the molecule is COCC(CCO)NS(=O)(=O)c1ccc(C)cc1Br. The van der Waals surface area contributed by atoms with Crippen LogP contribution in [0.1, 0.15) is 12.0 Å². The van der Waals surface area contributed by atoms with E-state index in [-0.39, 0.29) is 18.1 Å². The van der Waals surface area contributed by atoms with Gasteiger partial charge in [-0.1, -0.05) is 6.07 Å². The highest BCUT2D eigenvalue weighted by Crippen LogP contribution is 2.23. The Morgan fingerprint density at radius 2 is 2.16 bits per heavy atom. The Labute approximate surface area is 122 Å². The van der Waals surface area contributed by atoms with Crippen LogP contribution < -0.4 is 4.72 Å². The molecule has 0 fully saturated rings. The van der Waals surface area contributed by atoms with Crippen molar-refractivity contribution in [3.63, 3.8) is 0 Å². The first-order chi connectivity index (χ1) is 8.90. The van der Waals surface area contributed by atoms with Gasteiger partial charge in [0, 0.05) is 24.2 Å². The van der Waals surface area contributed by atoms with Crippen LogP contribution in [0.5, 0.6) is 0 Å². The van der Waals surface area contributed by atoms with E-state index in [0.717, 1.165) is 5.56 Å². The topological polar surface area (TPSA) is 75.6 Å². The van der Waals surface area contributed by atoms with Crippen molar-refractivity contribution in [2.45, 2.75) is 24.3 Å². The Morgan fingerprint density at radius 1 is 1.47 bits per heavy atom. The van der Waals surface area contributed by atoms with Crippen LogP contribution in [0.25, 0.3) is 0 Å². The second-order valence-electron chi connectivity index (χ2n) is 4.22. The highest BCUT2D eigenvalue weighted by Gasteiger charge is 2.22. The zero-order valence-corrected chi connectivity index (χ0v) is 13.3. The van der Waals surface area contributed by atoms with Gasteiger partial charge in [-0.2, -0.15) is 0 Å². The van der Waals surface area contributed by atoms with E-state index in [1.807, 2.05) is 6.92 Å². The maximum atomic E-state index is 12.2. The van der Waals surface area contributed by atoms with Crippen molar-refractivity contribution in [2.24, 2.45) is 0 Å². The maximum absolute atomic E-state index is 12.2. The second-order valence-corrected chi connectivity index (χ2v) is 6.76. The number of aryl methyl sites for hydroxylation is 1. The van der Waals surface area contributed by atoms with E-state index in [4.69, 9.17) is 9.84 Å². The van der Waals surface area contributed by atoms with Crippen LogP contribution in [-0.4, -0.2) is 39.9 Å². The number of sulfonamides is 1. The third-order valence-electron chi connectivity index (χ3n) is 2.54. The minimum absolute atomic E-state index is 0.106. The first-order valence-corrected chi connectivity index (χ1v) is 8.06. The van der Waals surface area contributed by atoms with Crippen molar-refractivity contribution in [2.75, 3.05) is 20.3 Å². The van der Waals surface area contributed by atoms with E-state index in [1.54, 1.807) is 18.2 Å². The molecule has 2 N–H and O–H groups in total. The van der Waals surface area contributed by atoms with Crippen LogP contribution in [0.3, 0.4) is 0 Å². The number of nitrogens with one attached hydrogen (secondary N) is 1. The summed E-state index contributed by atoms with van der Waals surface area (Å²) in [7, 11) is -2.15. The number of hydrogen-bond donors (Lipinski definition) is 2. The Hall–Kier alpha value is -0.470. The number of aliphatic hydroxyl groups is 1. The number of hydrogen-bond acceptors (Lipinski definition) is 4. The highest BCUT2D eigenvalue weighted by molar-refractivity contribution is 9.10. The van der Waals surface area contributed by atoms with Crippen molar-refractivity contribution in [1.29, 1.82) is 0 Å². The minimum atomic E-state index is -3.64. The average molecular weight is 352 g/mol. The van der Waals surface area contributed by atoms with E-state index in [9.17, 15) is 8.42 Å². The number of benzene rings is 1. The number of methoxy groups -OCH3 is 1. The van der Waals surface area contributed by atoms with E-state index < -0.39 is 16.1 Å². The van der Waals surface area contributed by atoms with Crippen molar-refractivity contribution in [3.05, 3.63) is 28.2 Å². The lowest BCUT2D eigenvalue weighted by Gasteiger charge is -2.17. The van der Waals surface area contributed by atoms with Gasteiger partial charge < -0.3 is 9.84 Å². The van der Waals surface area contributed by atoms with Crippen LogP contribution in [0.4, 0.5) is 0 Å². The molecule has 0 saturated heterocycles. The van der Waals surface area contributed by atoms with Crippen molar-refractivity contribution in [1.82, 2.24) is 4.72 Å². The summed E-state index contributed by atoms with van der Waals surface area (Å²) in [6, 6.07) is 4.57. The molecule has 108 valence electrons. The molecule has 0 saturated carbocycles. The summed E-state index contributed by atoms with van der Waals surface area (Å²) < 4.78 is 32.5. The molecule has 0 aliphatic carbocycles. The molecule has 1 aromatic rings. The molecule has 0 bridgehead atoms. The molecule has 0 heterocycles. The molecule has 0 aliphatic heterocycles. The molecule has 1 atom stereocenters. The Morgan fingerprint density at radius 3 is 2.68 bits per heavy atom. The molecule has 0 radical (unpaired) electrons. The van der Waals surface area contributed by atoms with E-state index >= 15 is 0 Å². The molecular weight excluding hydrogens is 334 g/mol. The van der Waals surface area contributed by atoms with Gasteiger partial charge in [-0.05, 0) is 47.0 Å². The monoisotopic (exact) mass is 351 g/mol. The number of rotatable bonds is 7. The molecule has 0 amide bonds. The minimum Gasteiger partial charge on any atom is -0.396 e. The number of halogens is 1. The summed E-state index contributed by atoms with van der Waals surface area (Å²) in [5.41, 5.74) is 0.967. The fraction of sp³-hybridized carbons (Fsp3) is 0.500. The molecule has 0 aliphatic rings. The van der Waals surface area contributed by atoms with Crippen LogP contribution >= 0.6 is 15.9 Å². The van der Waals surface area contributed by atoms with Gasteiger partial charge in [-0.15, -0.1) is 0 Å². The Kier molecular flexibility index (Phi) is 6.41. The highest BCUT2D eigenvalue weighted by atomic mass is 79.9. The largest absolute Gasteiger partial charge is 0.396 e. The van der Waals surface area contributed by atoms with Crippen molar-refractivity contribution < 1.29 is 18.3 Å². The lowest BCUT2D eigenvalue weighted by atomic mass is 10.2. The molecule has 1 rings (SSSR count). The first kappa shape index (κ1) is 16.6. The fourth-order valence-electron chi connectivity index (χ4n) is 1.64. The maximum Gasteiger partial charge on any atom is 0.242 e. The molecule has 0 aromatic heterocycles. The molecule has 1 aromatic carbocycles. The van der Waals surface area contributed by atoms with Gasteiger partial charge in [0.05, 0.1) is 11.5 Å². The van der Waals surface area contributed by atoms with E-state index in [0.29, 0.717) is 10.9 Å². The predicted octanol–water partition coefficient (Wildman–Crippen LogP) is 1.43. The van der Waals surface area contributed by atoms with E-state index in [2.05, 4.69) is 20.7 Å². The number of aliphatic hydroxyl groups excluding tert-OH is 1. The lowest BCUT2D eigenvalue weighted by Crippen LogP contribution is -2.38. The van der Waals surface area contributed by atoms with Crippen molar-refractivity contribution in [3.8, 4) is 0 Å². The quantitative estimate of drug-likeness (QED) is 0.779. The standard InChI is InChI=1S/C12H18BrNO4S/c1-9-3-4-12(11(13)7-9)19(16,17)14-10(5-6-15)8-18-2/h3-4,7,10,14-15H,5-6,8H2,1-2H3. The van der Waals surface area contributed by atoms with Gasteiger partial charge >= 0.3 is 0 Å². The van der Waals surface area contributed by atoms with Crippen LogP contribution in [-0.2, 0) is 14.8 Å². The third-order valence-corrected chi connectivity index (χ3v) is 5.04. The van der Waals surface area contributed by atoms with E-state index in [1.165, 1.54) is 7.11 Å². The molecule has 7 heteroatoms. The van der Waals surface area contributed by atoms with Crippen LogP contribution in [0.15, 0.2) is 27.6 Å². The zero-order valence-electron chi connectivity index (χ0n) is 10.9. The summed E-state index contributed by atoms with van der Waals surface area (Å²) in [6.07, 6.45) is 0.302. The predicted molar refractivity (Wildman–Crippen MR) is 76.6 cm³/mol. The molecule has 1 unspecified atom stereocenters. The van der Waals surface area contributed by atoms with Crippen LogP contribution in [0, 0.1) is 6.92 Å². The molecule has 5 nitrogen and oxygen atoms in total. The third kappa shape index (κ3) is 4.85. The summed E-state index contributed by atoms with van der Waals surface area (Å²) in [5.74, 6) is 0. The molecule has 0 spiro atoms. The normalized spacial score (nSPS) is 13.5. The second kappa shape index (κ2) is 7.35. The van der Waals surface area contributed by atoms with Crippen molar-refractivity contribution >= 4 is 26.0 Å². The van der Waals surface area contributed by atoms with Gasteiger partial charge in [-0.25, -0.2) is 13.1 Å². The fourth-order valence-corrected chi connectivity index (χ4v) is 4.09. The summed E-state index contributed by atoms with van der Waals surface area (Å²) in [6.45, 7) is 1.99. The summed E-state index contributed by atoms with van der Waals surface area (Å²) >= 11 is 3.25. The Bertz CT molecular complexity index is 512. The number of ether oxygens (including phenoxy) is 1. The Balaban J connectivity index is 2.96. The summed E-state index contributed by atoms with van der Waals surface area (Å²) in [5, 5.41) is 8.92. The lowest BCUT2D eigenvalue weighted by molar-refractivity contribution is 0.158. The van der Waals surface area contributed by atoms with Gasteiger partial charge in [0.15, 0.2) is 0 Å². The first-order valence-electron chi connectivity index (χ1n) is 5.79. The zero-order chi connectivity index (χ0) is 14.5. The van der Waals surface area contributed by atoms with Gasteiger partial charge in [0.1, 0.15) is 0 Å². The summed E-state index contributed by atoms with van der Waals surface area (Å²) in [4.78, 5) is 0.178. The van der Waals surface area contributed by atoms with Gasteiger partial charge in [0.25, 0.3) is 0 Å². The van der Waals surface area contributed by atoms with Gasteiger partial charge in [-0.3, -0.25) is 0 Å². The average Bonchev–Trinajstić information content (AvgIpc) is 2.28. The van der Waals surface area contributed by atoms with Crippen LogP contribution in [0.2, 0.25) is 0 Å². The molecule has 19 heavy (non-hydrogen) atoms. The van der Waals surface area contributed by atoms with Gasteiger partial charge in [0.2, 0.25) is 10.0 Å². The smallest absolute Gasteiger partial charge is 0.242 e.